The van der Waals surface area contributed by atoms with Crippen molar-refractivity contribution in [2.75, 3.05) is 6.54 Å². The fourth-order valence-corrected chi connectivity index (χ4v) is 0.811. The highest BCUT2D eigenvalue weighted by Gasteiger charge is 2.13. The Kier molecular flexibility index (Phi) is 3.22. The molecule has 0 spiro atoms. The van der Waals surface area contributed by atoms with Crippen molar-refractivity contribution < 1.29 is 14.7 Å². The van der Waals surface area contributed by atoms with Gasteiger partial charge in [0.15, 0.2) is 0 Å². The molecule has 0 aliphatic rings. The van der Waals surface area contributed by atoms with Crippen LogP contribution in [0.1, 0.15) is 17.4 Å². The van der Waals surface area contributed by atoms with E-state index >= 15 is 0 Å². The van der Waals surface area contributed by atoms with Crippen LogP contribution >= 0.6 is 0 Å². The van der Waals surface area contributed by atoms with E-state index in [1.807, 2.05) is 0 Å². The highest BCUT2D eigenvalue weighted by atomic mass is 16.4. The summed E-state index contributed by atoms with van der Waals surface area (Å²) in [7, 11) is 0. The van der Waals surface area contributed by atoms with Crippen molar-refractivity contribution in [1.29, 1.82) is 0 Å². The molecule has 1 aromatic heterocycles. The molecule has 0 saturated heterocycles. The lowest BCUT2D eigenvalue weighted by Crippen LogP contribution is -2.31. The summed E-state index contributed by atoms with van der Waals surface area (Å²) in [6.45, 7) is 1.63. The maximum Gasteiger partial charge on any atom is 0.308 e. The summed E-state index contributed by atoms with van der Waals surface area (Å²) in [5.41, 5.74) is 0.322. The van der Waals surface area contributed by atoms with E-state index < -0.39 is 11.9 Å². The van der Waals surface area contributed by atoms with Gasteiger partial charge in [0.1, 0.15) is 5.69 Å². The second-order valence-electron chi connectivity index (χ2n) is 2.92. The second-order valence-corrected chi connectivity index (χ2v) is 2.92. The van der Waals surface area contributed by atoms with Gasteiger partial charge in [0.05, 0.1) is 5.92 Å². The van der Waals surface area contributed by atoms with Crippen LogP contribution in [0, 0.1) is 5.92 Å². The number of nitrogens with one attached hydrogen (secondary N) is 2. The molecule has 6 nitrogen and oxygen atoms in total. The molecular formula is C8H11N3O3. The van der Waals surface area contributed by atoms with Crippen LogP contribution in [-0.4, -0.2) is 33.7 Å². The number of nitrogens with zero attached hydrogens (tertiary/aromatic N) is 1. The summed E-state index contributed by atoms with van der Waals surface area (Å²) in [5, 5.41) is 17.1. The van der Waals surface area contributed by atoms with Crippen molar-refractivity contribution in [1.82, 2.24) is 15.5 Å². The minimum Gasteiger partial charge on any atom is -0.481 e. The standard InChI is InChI=1S/C8H11N3O3/c1-5(8(13)14)4-9-7(12)6-2-3-10-11-6/h2-3,5H,4H2,1H3,(H,9,12)(H,10,11)(H,13,14). The quantitative estimate of drug-likeness (QED) is 0.626. The SMILES string of the molecule is CC(CNC(=O)c1ccn[nH]1)C(=O)O. The maximum absolute atomic E-state index is 11.3. The summed E-state index contributed by atoms with van der Waals surface area (Å²) in [5.74, 6) is -1.88. The number of carbonyl (C=O) groups is 2. The van der Waals surface area contributed by atoms with Crippen molar-refractivity contribution in [2.45, 2.75) is 6.92 Å². The van der Waals surface area contributed by atoms with E-state index in [1.54, 1.807) is 0 Å². The average molecular weight is 197 g/mol. The first-order valence-electron chi connectivity index (χ1n) is 4.11. The number of carbonyl (C=O) groups excluding carboxylic acids is 1. The predicted molar refractivity (Wildman–Crippen MR) is 47.7 cm³/mol. The lowest BCUT2D eigenvalue weighted by Gasteiger charge is -2.06. The molecule has 6 heteroatoms. The highest BCUT2D eigenvalue weighted by Crippen LogP contribution is 1.94. The van der Waals surface area contributed by atoms with Crippen LogP contribution in [0.4, 0.5) is 0 Å². The molecule has 1 aromatic rings. The lowest BCUT2D eigenvalue weighted by atomic mass is 10.2. The van der Waals surface area contributed by atoms with E-state index in [1.165, 1.54) is 19.2 Å². The molecule has 76 valence electrons. The Morgan fingerprint density at radius 2 is 2.43 bits per heavy atom. The number of aliphatic carboxylic acids is 1. The zero-order chi connectivity index (χ0) is 10.6. The van der Waals surface area contributed by atoms with Gasteiger partial charge in [0.25, 0.3) is 5.91 Å². The topological polar surface area (TPSA) is 95.1 Å². The Balaban J connectivity index is 2.40. The van der Waals surface area contributed by atoms with Gasteiger partial charge in [0, 0.05) is 12.7 Å². The van der Waals surface area contributed by atoms with Crippen molar-refractivity contribution >= 4 is 11.9 Å². The highest BCUT2D eigenvalue weighted by molar-refractivity contribution is 5.92. The summed E-state index contributed by atoms with van der Waals surface area (Å²) in [6.07, 6.45) is 1.45. The number of carboxylic acid groups (broad SMARTS) is 1. The van der Waals surface area contributed by atoms with Crippen molar-refractivity contribution in [2.24, 2.45) is 5.92 Å². The maximum atomic E-state index is 11.3. The van der Waals surface area contributed by atoms with Crippen LogP contribution in [0.3, 0.4) is 0 Å². The first kappa shape index (κ1) is 10.2. The van der Waals surface area contributed by atoms with Crippen molar-refractivity contribution in [3.8, 4) is 0 Å². The Morgan fingerprint density at radius 3 is 2.93 bits per heavy atom. The molecule has 0 aliphatic carbocycles. The van der Waals surface area contributed by atoms with Crippen LogP contribution in [0.5, 0.6) is 0 Å². The molecule has 1 rings (SSSR count). The van der Waals surface area contributed by atoms with Crippen molar-refractivity contribution in [3.05, 3.63) is 18.0 Å². The third-order valence-corrected chi connectivity index (χ3v) is 1.74. The van der Waals surface area contributed by atoms with Gasteiger partial charge in [-0.05, 0) is 6.07 Å². The van der Waals surface area contributed by atoms with Gasteiger partial charge in [-0.3, -0.25) is 14.7 Å². The number of rotatable bonds is 4. The van der Waals surface area contributed by atoms with Gasteiger partial charge in [-0.15, -0.1) is 0 Å². The van der Waals surface area contributed by atoms with Gasteiger partial charge in [-0.25, -0.2) is 0 Å². The molecule has 1 unspecified atom stereocenters. The molecule has 1 atom stereocenters. The van der Waals surface area contributed by atoms with E-state index in [0.29, 0.717) is 5.69 Å². The zero-order valence-electron chi connectivity index (χ0n) is 7.65. The fraction of sp³-hybridized carbons (Fsp3) is 0.375. The molecule has 1 amide bonds. The Bertz CT molecular complexity index is 321. The number of amides is 1. The largest absolute Gasteiger partial charge is 0.481 e. The number of hydrogen-bond donors (Lipinski definition) is 3. The third kappa shape index (κ3) is 2.58. The fourth-order valence-electron chi connectivity index (χ4n) is 0.811. The normalized spacial score (nSPS) is 12.1. The van der Waals surface area contributed by atoms with E-state index in [9.17, 15) is 9.59 Å². The van der Waals surface area contributed by atoms with Crippen LogP contribution in [-0.2, 0) is 4.79 Å². The van der Waals surface area contributed by atoms with Crippen LogP contribution < -0.4 is 5.32 Å². The number of H-pyrrole nitrogens is 1. The monoisotopic (exact) mass is 197 g/mol. The van der Waals surface area contributed by atoms with E-state index in [2.05, 4.69) is 15.5 Å². The molecule has 3 N–H and O–H groups in total. The second kappa shape index (κ2) is 4.40. The first-order valence-corrected chi connectivity index (χ1v) is 4.11. The molecule has 0 fully saturated rings. The van der Waals surface area contributed by atoms with Crippen LogP contribution in [0.15, 0.2) is 12.3 Å². The number of carboxylic acids is 1. The smallest absolute Gasteiger partial charge is 0.308 e. The number of aromatic amines is 1. The van der Waals surface area contributed by atoms with Gasteiger partial charge in [-0.2, -0.15) is 5.10 Å². The number of aromatic nitrogens is 2. The minimum atomic E-state index is -0.935. The van der Waals surface area contributed by atoms with Gasteiger partial charge in [0.2, 0.25) is 0 Å². The van der Waals surface area contributed by atoms with Gasteiger partial charge < -0.3 is 10.4 Å². The molecule has 14 heavy (non-hydrogen) atoms. The molecule has 0 bridgehead atoms. The van der Waals surface area contributed by atoms with Gasteiger partial charge >= 0.3 is 5.97 Å². The summed E-state index contributed by atoms with van der Waals surface area (Å²) >= 11 is 0. The third-order valence-electron chi connectivity index (χ3n) is 1.74. The summed E-state index contributed by atoms with van der Waals surface area (Å²) in [6, 6.07) is 1.51. The Morgan fingerprint density at radius 1 is 1.71 bits per heavy atom. The summed E-state index contributed by atoms with van der Waals surface area (Å²) < 4.78 is 0. The first-order chi connectivity index (χ1) is 6.61. The van der Waals surface area contributed by atoms with E-state index in [4.69, 9.17) is 5.11 Å². The van der Waals surface area contributed by atoms with Gasteiger partial charge in [-0.1, -0.05) is 6.92 Å². The molecule has 0 radical (unpaired) electrons. The van der Waals surface area contributed by atoms with Crippen LogP contribution in [0.25, 0.3) is 0 Å². The average Bonchev–Trinajstić information content (AvgIpc) is 2.66. The Hall–Kier alpha value is -1.85. The predicted octanol–water partition coefficient (Wildman–Crippen LogP) is -0.140. The Labute approximate surface area is 80.3 Å². The van der Waals surface area contributed by atoms with Crippen LogP contribution in [0.2, 0.25) is 0 Å². The molecule has 0 aromatic carbocycles. The molecule has 0 aliphatic heterocycles. The lowest BCUT2D eigenvalue weighted by molar-refractivity contribution is -0.140. The summed E-state index contributed by atoms with van der Waals surface area (Å²) in [4.78, 5) is 21.7. The minimum absolute atomic E-state index is 0.104. The zero-order valence-corrected chi connectivity index (χ0v) is 7.65. The number of hydrogen-bond acceptors (Lipinski definition) is 3. The van der Waals surface area contributed by atoms with E-state index in [-0.39, 0.29) is 12.5 Å². The molecular weight excluding hydrogens is 186 g/mol. The molecule has 0 saturated carbocycles. The molecule has 1 heterocycles. The van der Waals surface area contributed by atoms with Crippen molar-refractivity contribution in [3.63, 3.8) is 0 Å². The van der Waals surface area contributed by atoms with E-state index in [0.717, 1.165) is 0 Å².